The number of nitrogens with zero attached hydrogens (tertiary/aromatic N) is 2. The first-order valence-corrected chi connectivity index (χ1v) is 10.5. The number of hydrogen-bond donors (Lipinski definition) is 1. The van der Waals surface area contributed by atoms with Crippen molar-refractivity contribution in [1.29, 1.82) is 0 Å². The zero-order chi connectivity index (χ0) is 22.2. The summed E-state index contributed by atoms with van der Waals surface area (Å²) in [6.07, 6.45) is -4.37. The van der Waals surface area contributed by atoms with Gasteiger partial charge in [0.2, 0.25) is 0 Å². The molecule has 0 unspecified atom stereocenters. The van der Waals surface area contributed by atoms with Gasteiger partial charge in [-0.05, 0) is 62.7 Å². The van der Waals surface area contributed by atoms with Crippen LogP contribution in [0.25, 0.3) is 21.3 Å². The maximum absolute atomic E-state index is 12.9. The van der Waals surface area contributed by atoms with Gasteiger partial charge in [-0.25, -0.2) is 9.97 Å². The van der Waals surface area contributed by atoms with Crippen molar-refractivity contribution < 1.29 is 17.9 Å². The highest BCUT2D eigenvalue weighted by molar-refractivity contribution is 7.19. The molecule has 4 aromatic rings. The van der Waals surface area contributed by atoms with Crippen molar-refractivity contribution >= 4 is 33.1 Å². The van der Waals surface area contributed by atoms with E-state index in [0.717, 1.165) is 44.1 Å². The Bertz CT molecular complexity index is 1220. The number of aromatic nitrogens is 2. The first-order chi connectivity index (χ1) is 14.8. The van der Waals surface area contributed by atoms with Crippen LogP contribution in [-0.4, -0.2) is 16.6 Å². The molecule has 0 amide bonds. The van der Waals surface area contributed by atoms with Crippen LogP contribution in [-0.2, 0) is 6.18 Å². The van der Waals surface area contributed by atoms with Crippen molar-refractivity contribution in [2.45, 2.75) is 26.9 Å². The first kappa shape index (κ1) is 21.1. The van der Waals surface area contributed by atoms with Crippen LogP contribution in [0.3, 0.4) is 0 Å². The molecule has 0 saturated carbocycles. The van der Waals surface area contributed by atoms with Crippen LogP contribution >= 0.6 is 11.3 Å². The van der Waals surface area contributed by atoms with Crippen LogP contribution < -0.4 is 10.1 Å². The predicted molar refractivity (Wildman–Crippen MR) is 118 cm³/mol. The highest BCUT2D eigenvalue weighted by Gasteiger charge is 2.30. The van der Waals surface area contributed by atoms with E-state index in [-0.39, 0.29) is 0 Å². The summed E-state index contributed by atoms with van der Waals surface area (Å²) in [5, 5.41) is 4.03. The molecule has 0 saturated heterocycles. The number of alkyl halides is 3. The number of rotatable bonds is 5. The van der Waals surface area contributed by atoms with Crippen molar-refractivity contribution in [1.82, 2.24) is 9.97 Å². The average molecular weight is 443 g/mol. The molecule has 0 aliphatic heterocycles. The van der Waals surface area contributed by atoms with Crippen molar-refractivity contribution in [2.24, 2.45) is 0 Å². The normalized spacial score (nSPS) is 11.7. The minimum absolute atomic E-state index is 0.522. The van der Waals surface area contributed by atoms with E-state index in [1.165, 1.54) is 12.1 Å². The molecule has 160 valence electrons. The summed E-state index contributed by atoms with van der Waals surface area (Å²) >= 11 is 1.56. The monoisotopic (exact) mass is 443 g/mol. The zero-order valence-electron chi connectivity index (χ0n) is 17.2. The summed E-state index contributed by atoms with van der Waals surface area (Å²) in [5.41, 5.74) is 1.82. The van der Waals surface area contributed by atoms with Crippen LogP contribution in [0.1, 0.15) is 23.2 Å². The molecule has 0 aliphatic rings. The maximum Gasteiger partial charge on any atom is 0.416 e. The fraction of sp³-hybridized carbons (Fsp3) is 0.217. The molecular weight excluding hydrogens is 423 g/mol. The second-order valence-corrected chi connectivity index (χ2v) is 8.19. The fourth-order valence-electron chi connectivity index (χ4n) is 3.42. The first-order valence-electron chi connectivity index (χ1n) is 9.71. The van der Waals surface area contributed by atoms with Crippen molar-refractivity contribution in [3.63, 3.8) is 0 Å². The van der Waals surface area contributed by atoms with E-state index < -0.39 is 11.7 Å². The molecule has 0 bridgehead atoms. The summed E-state index contributed by atoms with van der Waals surface area (Å²) in [6.45, 7) is 6.34. The standard InChI is InChI=1S/C23H20F3N3OS/c1-4-30-18-11-5-15(6-12-18)19-13(2)31-22-20(19)21(27-14(3)28-22)29-17-9-7-16(8-10-17)23(24,25)26/h5-12H,4H2,1-3H3,(H,27,28,29). The Morgan fingerprint density at radius 2 is 1.65 bits per heavy atom. The van der Waals surface area contributed by atoms with Gasteiger partial charge in [0.15, 0.2) is 0 Å². The van der Waals surface area contributed by atoms with E-state index in [0.29, 0.717) is 23.9 Å². The molecule has 2 aromatic carbocycles. The van der Waals surface area contributed by atoms with Gasteiger partial charge in [0.25, 0.3) is 0 Å². The summed E-state index contributed by atoms with van der Waals surface area (Å²) in [7, 11) is 0. The number of thiophene rings is 1. The van der Waals surface area contributed by atoms with Gasteiger partial charge in [0.05, 0.1) is 17.6 Å². The number of anilines is 2. The van der Waals surface area contributed by atoms with E-state index >= 15 is 0 Å². The summed E-state index contributed by atoms with van der Waals surface area (Å²) in [4.78, 5) is 11.0. The van der Waals surface area contributed by atoms with Gasteiger partial charge in [-0.15, -0.1) is 11.3 Å². The summed E-state index contributed by atoms with van der Waals surface area (Å²) < 4.78 is 44.2. The Hall–Kier alpha value is -3.13. The molecule has 2 heterocycles. The molecule has 4 rings (SSSR count). The minimum Gasteiger partial charge on any atom is -0.494 e. The largest absolute Gasteiger partial charge is 0.494 e. The van der Waals surface area contributed by atoms with Crippen LogP contribution in [0, 0.1) is 13.8 Å². The molecule has 0 aliphatic carbocycles. The third-order valence-corrected chi connectivity index (χ3v) is 5.77. The third kappa shape index (κ3) is 4.34. The van der Waals surface area contributed by atoms with E-state index in [1.807, 2.05) is 38.1 Å². The van der Waals surface area contributed by atoms with E-state index in [4.69, 9.17) is 4.74 Å². The van der Waals surface area contributed by atoms with Crippen molar-refractivity contribution in [3.05, 3.63) is 64.8 Å². The van der Waals surface area contributed by atoms with Crippen LogP contribution in [0.15, 0.2) is 48.5 Å². The lowest BCUT2D eigenvalue weighted by Crippen LogP contribution is -2.04. The summed E-state index contributed by atoms with van der Waals surface area (Å²) in [5.74, 6) is 1.94. The van der Waals surface area contributed by atoms with Crippen LogP contribution in [0.4, 0.5) is 24.7 Å². The Labute approximate surface area is 181 Å². The number of fused-ring (bicyclic) bond motifs is 1. The molecular formula is C23H20F3N3OS. The predicted octanol–water partition coefficient (Wildman–Crippen LogP) is 7.14. The van der Waals surface area contributed by atoms with Gasteiger partial charge in [-0.2, -0.15) is 13.2 Å². The second-order valence-electron chi connectivity index (χ2n) is 6.99. The highest BCUT2D eigenvalue weighted by Crippen LogP contribution is 2.42. The van der Waals surface area contributed by atoms with Gasteiger partial charge >= 0.3 is 6.18 Å². The number of nitrogens with one attached hydrogen (secondary N) is 1. The molecule has 0 fully saturated rings. The lowest BCUT2D eigenvalue weighted by Gasteiger charge is -2.12. The van der Waals surface area contributed by atoms with Gasteiger partial charge in [-0.1, -0.05) is 12.1 Å². The second kappa shape index (κ2) is 8.19. The minimum atomic E-state index is -4.37. The fourth-order valence-corrected chi connectivity index (χ4v) is 4.51. The van der Waals surface area contributed by atoms with Crippen molar-refractivity contribution in [2.75, 3.05) is 11.9 Å². The van der Waals surface area contributed by atoms with Crippen LogP contribution in [0.5, 0.6) is 5.75 Å². The molecule has 4 nitrogen and oxygen atoms in total. The van der Waals surface area contributed by atoms with Gasteiger partial charge in [-0.3, -0.25) is 0 Å². The van der Waals surface area contributed by atoms with Crippen molar-refractivity contribution in [3.8, 4) is 16.9 Å². The van der Waals surface area contributed by atoms with Crippen LogP contribution in [0.2, 0.25) is 0 Å². The topological polar surface area (TPSA) is 47.0 Å². The van der Waals surface area contributed by atoms with E-state index in [1.54, 1.807) is 18.3 Å². The smallest absolute Gasteiger partial charge is 0.416 e. The quantitative estimate of drug-likeness (QED) is 0.356. The van der Waals surface area contributed by atoms with E-state index in [9.17, 15) is 13.2 Å². The van der Waals surface area contributed by atoms with Gasteiger partial charge in [0.1, 0.15) is 22.2 Å². The maximum atomic E-state index is 12.9. The number of halogens is 3. The number of ether oxygens (including phenoxy) is 1. The Balaban J connectivity index is 1.78. The van der Waals surface area contributed by atoms with Gasteiger partial charge in [0, 0.05) is 16.1 Å². The zero-order valence-corrected chi connectivity index (χ0v) is 18.0. The molecule has 0 spiro atoms. The number of hydrogen-bond acceptors (Lipinski definition) is 5. The Kier molecular flexibility index (Phi) is 5.58. The number of aryl methyl sites for hydroxylation is 2. The lowest BCUT2D eigenvalue weighted by atomic mass is 10.0. The molecule has 0 radical (unpaired) electrons. The average Bonchev–Trinajstić information content (AvgIpc) is 3.04. The third-order valence-electron chi connectivity index (χ3n) is 4.77. The molecule has 8 heteroatoms. The van der Waals surface area contributed by atoms with Gasteiger partial charge < -0.3 is 10.1 Å². The molecule has 0 atom stereocenters. The summed E-state index contributed by atoms with van der Waals surface area (Å²) in [6, 6.07) is 12.7. The Morgan fingerprint density at radius 3 is 2.26 bits per heavy atom. The Morgan fingerprint density at radius 1 is 0.968 bits per heavy atom. The lowest BCUT2D eigenvalue weighted by molar-refractivity contribution is -0.137. The molecule has 31 heavy (non-hydrogen) atoms. The SMILES string of the molecule is CCOc1ccc(-c2c(C)sc3nc(C)nc(Nc4ccc(C(F)(F)F)cc4)c23)cc1. The number of benzene rings is 2. The molecule has 1 N–H and O–H groups in total. The van der Waals surface area contributed by atoms with E-state index in [2.05, 4.69) is 15.3 Å². The molecule has 2 aromatic heterocycles. The highest BCUT2D eigenvalue weighted by atomic mass is 32.1.